The van der Waals surface area contributed by atoms with Crippen LogP contribution in [0.3, 0.4) is 0 Å². The van der Waals surface area contributed by atoms with Gasteiger partial charge in [0.1, 0.15) is 6.04 Å². The maximum Gasteiger partial charge on any atom is 0.237 e. The number of hydrogen-bond acceptors (Lipinski definition) is 5. The van der Waals surface area contributed by atoms with Crippen LogP contribution in [0.1, 0.15) is 23.0 Å². The molecule has 1 heterocycles. The number of hydrogen-bond donors (Lipinski definition) is 0. The molecule has 27 heavy (non-hydrogen) atoms. The van der Waals surface area contributed by atoms with E-state index in [4.69, 9.17) is 0 Å². The molecule has 2 aromatic carbocycles. The van der Waals surface area contributed by atoms with Gasteiger partial charge in [-0.1, -0.05) is 48.5 Å². The smallest absolute Gasteiger partial charge is 0.237 e. The number of tetrazole rings is 1. The number of para-hydroxylation sites is 1. The third-order valence-corrected chi connectivity index (χ3v) is 4.43. The topological polar surface area (TPSA) is 67.2 Å². The van der Waals surface area contributed by atoms with Crippen molar-refractivity contribution in [2.75, 3.05) is 27.7 Å². The van der Waals surface area contributed by atoms with E-state index in [1.165, 1.54) is 0 Å². The first kappa shape index (κ1) is 18.7. The lowest BCUT2D eigenvalue weighted by molar-refractivity contribution is -0.132. The largest absolute Gasteiger partial charge is 0.330 e. The predicted molar refractivity (Wildman–Crippen MR) is 104 cm³/mol. The number of carbonyl (C=O) groups is 1. The van der Waals surface area contributed by atoms with Crippen LogP contribution in [0, 0.1) is 6.92 Å². The number of amides is 1. The van der Waals surface area contributed by atoms with Crippen molar-refractivity contribution in [2.45, 2.75) is 13.0 Å². The Hall–Kier alpha value is -3.06. The van der Waals surface area contributed by atoms with Gasteiger partial charge in [-0.05, 0) is 48.6 Å². The van der Waals surface area contributed by atoms with Gasteiger partial charge in [0.05, 0.1) is 12.2 Å². The van der Waals surface area contributed by atoms with Crippen molar-refractivity contribution in [2.24, 2.45) is 0 Å². The van der Waals surface area contributed by atoms with Gasteiger partial charge in [-0.25, -0.2) is 0 Å². The van der Waals surface area contributed by atoms with Crippen LogP contribution in [0.15, 0.2) is 54.6 Å². The summed E-state index contributed by atoms with van der Waals surface area (Å²) in [7, 11) is 5.54. The van der Waals surface area contributed by atoms with E-state index >= 15 is 0 Å². The van der Waals surface area contributed by atoms with Gasteiger partial charge in [-0.3, -0.25) is 4.79 Å². The van der Waals surface area contributed by atoms with Crippen LogP contribution in [0.25, 0.3) is 5.69 Å². The number of carbonyl (C=O) groups excluding carboxylic acids is 1. The molecule has 7 nitrogen and oxygen atoms in total. The lowest BCUT2D eigenvalue weighted by Crippen LogP contribution is -2.39. The van der Waals surface area contributed by atoms with E-state index in [0.29, 0.717) is 12.4 Å². The molecule has 7 heteroatoms. The molecule has 0 fully saturated rings. The average Bonchev–Trinajstić information content (AvgIpc) is 3.11. The molecule has 0 radical (unpaired) electrons. The average molecular weight is 364 g/mol. The highest BCUT2D eigenvalue weighted by atomic mass is 16.2. The number of aryl methyl sites for hydroxylation is 1. The molecule has 140 valence electrons. The van der Waals surface area contributed by atoms with Gasteiger partial charge >= 0.3 is 0 Å². The zero-order chi connectivity index (χ0) is 19.4. The number of nitrogens with zero attached hydrogens (tertiary/aromatic N) is 6. The van der Waals surface area contributed by atoms with Crippen molar-refractivity contribution >= 4 is 5.91 Å². The summed E-state index contributed by atoms with van der Waals surface area (Å²) in [5, 5.41) is 12.4. The van der Waals surface area contributed by atoms with Crippen molar-refractivity contribution in [1.82, 2.24) is 30.0 Å². The molecule has 0 saturated carbocycles. The molecule has 1 atom stereocenters. The Morgan fingerprint density at radius 3 is 2.37 bits per heavy atom. The van der Waals surface area contributed by atoms with Crippen molar-refractivity contribution in [1.29, 1.82) is 0 Å². The van der Waals surface area contributed by atoms with Gasteiger partial charge in [-0.15, -0.1) is 5.10 Å². The SMILES string of the molecule is Cc1ccccc1-n1nnnc1[C@@H](c1ccccc1)N(C)C(=O)CN(C)C. The molecule has 0 aliphatic rings. The van der Waals surface area contributed by atoms with E-state index in [0.717, 1.165) is 16.8 Å². The van der Waals surface area contributed by atoms with Gasteiger partial charge < -0.3 is 9.80 Å². The Balaban J connectivity index is 2.09. The molecule has 0 aliphatic heterocycles. The molecule has 3 rings (SSSR count). The first-order chi connectivity index (χ1) is 13.0. The normalized spacial score (nSPS) is 12.2. The number of benzene rings is 2. The number of likely N-dealkylation sites (N-methyl/N-ethyl adjacent to an activating group) is 2. The number of aromatic nitrogens is 4. The Labute approximate surface area is 159 Å². The molecule has 0 aliphatic carbocycles. The zero-order valence-corrected chi connectivity index (χ0v) is 16.1. The Morgan fingerprint density at radius 2 is 1.70 bits per heavy atom. The summed E-state index contributed by atoms with van der Waals surface area (Å²) < 4.78 is 1.71. The summed E-state index contributed by atoms with van der Waals surface area (Å²) in [5.41, 5.74) is 2.91. The quantitative estimate of drug-likeness (QED) is 0.670. The summed E-state index contributed by atoms with van der Waals surface area (Å²) in [6, 6.07) is 17.3. The third kappa shape index (κ3) is 4.03. The lowest BCUT2D eigenvalue weighted by Gasteiger charge is -2.29. The Bertz CT molecular complexity index is 906. The van der Waals surface area contributed by atoms with Gasteiger partial charge in [0.2, 0.25) is 5.91 Å². The summed E-state index contributed by atoms with van der Waals surface area (Å²) >= 11 is 0. The van der Waals surface area contributed by atoms with Gasteiger partial charge in [-0.2, -0.15) is 4.68 Å². The summed E-state index contributed by atoms with van der Waals surface area (Å²) in [6.07, 6.45) is 0. The fourth-order valence-electron chi connectivity index (χ4n) is 3.04. The van der Waals surface area contributed by atoms with Crippen LogP contribution in [-0.4, -0.2) is 63.6 Å². The molecular formula is C20H24N6O. The second kappa shape index (κ2) is 8.09. The highest BCUT2D eigenvalue weighted by Crippen LogP contribution is 2.28. The molecule has 0 unspecified atom stereocenters. The zero-order valence-electron chi connectivity index (χ0n) is 16.1. The second-order valence-corrected chi connectivity index (χ2v) is 6.79. The first-order valence-electron chi connectivity index (χ1n) is 8.78. The summed E-state index contributed by atoms with van der Waals surface area (Å²) in [4.78, 5) is 16.3. The molecule has 1 amide bonds. The molecule has 1 aromatic heterocycles. The molecular weight excluding hydrogens is 340 g/mol. The Kier molecular flexibility index (Phi) is 5.61. The minimum atomic E-state index is -0.395. The van der Waals surface area contributed by atoms with Crippen molar-refractivity contribution < 1.29 is 4.79 Å². The van der Waals surface area contributed by atoms with Crippen LogP contribution in [0.5, 0.6) is 0 Å². The molecule has 0 spiro atoms. The lowest BCUT2D eigenvalue weighted by atomic mass is 10.0. The van der Waals surface area contributed by atoms with Gasteiger partial charge in [0.15, 0.2) is 5.82 Å². The molecule has 0 N–H and O–H groups in total. The first-order valence-corrected chi connectivity index (χ1v) is 8.78. The van der Waals surface area contributed by atoms with Crippen LogP contribution < -0.4 is 0 Å². The van der Waals surface area contributed by atoms with Crippen LogP contribution in [0.4, 0.5) is 0 Å². The fourth-order valence-corrected chi connectivity index (χ4v) is 3.04. The fraction of sp³-hybridized carbons (Fsp3) is 0.300. The van der Waals surface area contributed by atoms with Crippen LogP contribution >= 0.6 is 0 Å². The second-order valence-electron chi connectivity index (χ2n) is 6.79. The maximum atomic E-state index is 12.8. The molecule has 3 aromatic rings. The minimum Gasteiger partial charge on any atom is -0.330 e. The highest BCUT2D eigenvalue weighted by molar-refractivity contribution is 5.78. The Morgan fingerprint density at radius 1 is 1.04 bits per heavy atom. The van der Waals surface area contributed by atoms with Crippen LogP contribution in [0.2, 0.25) is 0 Å². The van der Waals surface area contributed by atoms with Crippen LogP contribution in [-0.2, 0) is 4.79 Å². The van der Waals surface area contributed by atoms with Gasteiger partial charge in [0.25, 0.3) is 0 Å². The van der Waals surface area contributed by atoms with E-state index in [1.807, 2.05) is 80.5 Å². The van der Waals surface area contributed by atoms with Crippen molar-refractivity contribution in [3.63, 3.8) is 0 Å². The third-order valence-electron chi connectivity index (χ3n) is 4.43. The van der Waals surface area contributed by atoms with E-state index in [9.17, 15) is 4.79 Å². The maximum absolute atomic E-state index is 12.8. The summed E-state index contributed by atoms with van der Waals surface area (Å²) in [5.74, 6) is 0.596. The highest BCUT2D eigenvalue weighted by Gasteiger charge is 2.29. The predicted octanol–water partition coefficient (Wildman–Crippen LogP) is 2.08. The standard InChI is InChI=1S/C20H24N6O/c1-15-10-8-9-13-17(15)26-20(21-22-23-26)19(16-11-6-5-7-12-16)25(4)18(27)14-24(2)3/h5-13,19H,14H2,1-4H3/t19-/m1/s1. The summed E-state index contributed by atoms with van der Waals surface area (Å²) in [6.45, 7) is 2.32. The van der Waals surface area contributed by atoms with E-state index < -0.39 is 6.04 Å². The number of rotatable bonds is 6. The minimum absolute atomic E-state index is 0.00631. The van der Waals surface area contributed by atoms with E-state index in [2.05, 4.69) is 15.5 Å². The molecule has 0 saturated heterocycles. The van der Waals surface area contributed by atoms with Crippen molar-refractivity contribution in [3.05, 3.63) is 71.5 Å². The van der Waals surface area contributed by atoms with Gasteiger partial charge in [0, 0.05) is 7.05 Å². The van der Waals surface area contributed by atoms with Crippen molar-refractivity contribution in [3.8, 4) is 5.69 Å². The monoisotopic (exact) mass is 364 g/mol. The van der Waals surface area contributed by atoms with E-state index in [1.54, 1.807) is 16.6 Å². The molecule has 0 bridgehead atoms. The van der Waals surface area contributed by atoms with E-state index in [-0.39, 0.29) is 5.91 Å².